The summed E-state index contributed by atoms with van der Waals surface area (Å²) in [6, 6.07) is 9.42. The highest BCUT2D eigenvalue weighted by Gasteiger charge is 2.43. The van der Waals surface area contributed by atoms with Gasteiger partial charge in [0.1, 0.15) is 11.9 Å². The van der Waals surface area contributed by atoms with E-state index in [1.54, 1.807) is 0 Å². The van der Waals surface area contributed by atoms with Crippen LogP contribution in [0.1, 0.15) is 42.6 Å². The number of carbonyl (C=O) groups excluding carboxylic acids is 2. The molecule has 3 aromatic rings. The second-order valence-electron chi connectivity index (χ2n) is 6.86. The van der Waals surface area contributed by atoms with Gasteiger partial charge in [-0.05, 0) is 28.8 Å². The molecule has 1 aliphatic rings. The van der Waals surface area contributed by atoms with Crippen molar-refractivity contribution in [2.75, 3.05) is 12.4 Å². The zero-order valence-electron chi connectivity index (χ0n) is 15.9. The summed E-state index contributed by atoms with van der Waals surface area (Å²) in [5.41, 5.74) is 0.157. The van der Waals surface area contributed by atoms with Gasteiger partial charge in [0, 0.05) is 0 Å². The van der Waals surface area contributed by atoms with Gasteiger partial charge in [0.15, 0.2) is 10.8 Å². The normalized spacial score (nSPS) is 15.6. The Morgan fingerprint density at radius 2 is 1.93 bits per heavy atom. The highest BCUT2D eigenvalue weighted by Crippen LogP contribution is 2.37. The second-order valence-corrected chi connectivity index (χ2v) is 7.85. The van der Waals surface area contributed by atoms with Crippen LogP contribution in [0.4, 0.5) is 5.13 Å². The molecule has 29 heavy (non-hydrogen) atoms. The van der Waals surface area contributed by atoms with Gasteiger partial charge in [-0.1, -0.05) is 60.9 Å². The Kier molecular flexibility index (Phi) is 5.34. The molecule has 0 saturated heterocycles. The fraction of sp³-hybridized carbons (Fsp3) is 0.368. The van der Waals surface area contributed by atoms with Gasteiger partial charge in [0.05, 0.1) is 12.0 Å². The molecule has 1 amide bonds. The van der Waals surface area contributed by atoms with Gasteiger partial charge in [0.2, 0.25) is 0 Å². The monoisotopic (exact) mass is 412 g/mol. The van der Waals surface area contributed by atoms with Crippen molar-refractivity contribution < 1.29 is 14.3 Å². The summed E-state index contributed by atoms with van der Waals surface area (Å²) >= 11 is 1.24. The Balaban J connectivity index is 1.67. The molecule has 0 atom stereocenters. The maximum Gasteiger partial charge on any atom is 0.358 e. The lowest BCUT2D eigenvalue weighted by molar-refractivity contribution is -0.126. The fourth-order valence-corrected chi connectivity index (χ4v) is 4.62. The third-order valence-electron chi connectivity index (χ3n) is 5.15. The average Bonchev–Trinajstić information content (AvgIpc) is 3.45. The van der Waals surface area contributed by atoms with E-state index in [1.165, 1.54) is 29.5 Å². The number of aromatic nitrogens is 5. The van der Waals surface area contributed by atoms with Gasteiger partial charge < -0.3 is 4.74 Å². The Morgan fingerprint density at radius 1 is 1.17 bits per heavy atom. The van der Waals surface area contributed by atoms with Crippen molar-refractivity contribution in [2.24, 2.45) is 0 Å². The highest BCUT2D eigenvalue weighted by atomic mass is 32.1. The van der Waals surface area contributed by atoms with E-state index < -0.39 is 11.5 Å². The summed E-state index contributed by atoms with van der Waals surface area (Å²) in [7, 11) is 1.31. The molecule has 2 aromatic heterocycles. The van der Waals surface area contributed by atoms with Crippen LogP contribution < -0.4 is 5.32 Å². The molecule has 0 radical (unpaired) electrons. The molecule has 10 heteroatoms. The van der Waals surface area contributed by atoms with Gasteiger partial charge in [-0.15, -0.1) is 5.10 Å². The summed E-state index contributed by atoms with van der Waals surface area (Å²) in [6.07, 6.45) is 5.65. The predicted molar refractivity (Wildman–Crippen MR) is 106 cm³/mol. The van der Waals surface area contributed by atoms with Crippen molar-refractivity contribution in [2.45, 2.75) is 37.6 Å². The van der Waals surface area contributed by atoms with Crippen LogP contribution in [-0.4, -0.2) is 44.2 Å². The molecule has 0 bridgehead atoms. The minimum atomic E-state index is -0.855. The third-order valence-corrected chi connectivity index (χ3v) is 6.17. The number of tetrazole rings is 1. The maximum absolute atomic E-state index is 13.3. The van der Waals surface area contributed by atoms with Crippen LogP contribution in [0.3, 0.4) is 0 Å². The summed E-state index contributed by atoms with van der Waals surface area (Å²) in [6.45, 7) is 0. The highest BCUT2D eigenvalue weighted by molar-refractivity contribution is 7.19. The van der Waals surface area contributed by atoms with Crippen LogP contribution in [0.15, 0.2) is 36.7 Å². The van der Waals surface area contributed by atoms with Crippen molar-refractivity contribution in [1.29, 1.82) is 0 Å². The van der Waals surface area contributed by atoms with E-state index in [1.807, 2.05) is 30.3 Å². The van der Waals surface area contributed by atoms with Crippen molar-refractivity contribution in [3.8, 4) is 10.4 Å². The number of amides is 1. The minimum absolute atomic E-state index is 0.180. The average molecular weight is 412 g/mol. The third kappa shape index (κ3) is 3.63. The molecule has 1 N–H and O–H groups in total. The van der Waals surface area contributed by atoms with Crippen molar-refractivity contribution >= 4 is 28.3 Å². The van der Waals surface area contributed by atoms with Crippen LogP contribution >= 0.6 is 11.3 Å². The lowest BCUT2D eigenvalue weighted by atomic mass is 9.81. The van der Waals surface area contributed by atoms with Gasteiger partial charge in [-0.2, -0.15) is 0 Å². The predicted octanol–water partition coefficient (Wildman–Crippen LogP) is 2.88. The number of esters is 1. The van der Waals surface area contributed by atoms with E-state index in [-0.39, 0.29) is 11.6 Å². The first kappa shape index (κ1) is 19.2. The molecule has 0 unspecified atom stereocenters. The lowest BCUT2D eigenvalue weighted by Gasteiger charge is -2.34. The summed E-state index contributed by atoms with van der Waals surface area (Å²) in [5.74, 6) is -0.775. The van der Waals surface area contributed by atoms with E-state index >= 15 is 0 Å². The van der Waals surface area contributed by atoms with Crippen molar-refractivity contribution in [3.63, 3.8) is 0 Å². The number of nitrogens with one attached hydrogen (secondary N) is 1. The molecule has 150 valence electrons. The van der Waals surface area contributed by atoms with E-state index in [0.717, 1.165) is 24.8 Å². The fourth-order valence-electron chi connectivity index (χ4n) is 3.66. The number of ether oxygens (including phenoxy) is 1. The molecule has 2 heterocycles. The smallest absolute Gasteiger partial charge is 0.358 e. The standard InChI is InChI=1S/C19H20N6O3S/c1-28-16(26)14-15(13-8-4-2-5-9-13)29-18(21-14)22-17(27)19(10-6-3-7-11-19)25-12-20-23-24-25/h2,4-5,8-9,12H,3,6-7,10-11H2,1H3,(H,21,22,27). The molecular weight excluding hydrogens is 392 g/mol. The first-order valence-corrected chi connectivity index (χ1v) is 10.2. The molecule has 0 aliphatic heterocycles. The van der Waals surface area contributed by atoms with Crippen LogP contribution in [-0.2, 0) is 15.1 Å². The molecular formula is C19H20N6O3S. The zero-order valence-corrected chi connectivity index (χ0v) is 16.7. The number of anilines is 1. The molecule has 4 rings (SSSR count). The number of hydrogen-bond acceptors (Lipinski definition) is 8. The second kappa shape index (κ2) is 8.08. The number of methoxy groups -OCH3 is 1. The number of benzene rings is 1. The van der Waals surface area contributed by atoms with Crippen LogP contribution in [0, 0.1) is 0 Å². The summed E-state index contributed by atoms with van der Waals surface area (Å²) < 4.78 is 6.41. The summed E-state index contributed by atoms with van der Waals surface area (Å²) in [5, 5.41) is 14.6. The number of hydrogen-bond donors (Lipinski definition) is 1. The Hall–Kier alpha value is -3.14. The zero-order chi connectivity index (χ0) is 20.3. The van der Waals surface area contributed by atoms with Crippen molar-refractivity contribution in [1.82, 2.24) is 25.2 Å². The number of rotatable bonds is 5. The minimum Gasteiger partial charge on any atom is -0.464 e. The molecule has 0 spiro atoms. The number of nitrogens with zero attached hydrogens (tertiary/aromatic N) is 5. The van der Waals surface area contributed by atoms with Gasteiger partial charge in [-0.3, -0.25) is 10.1 Å². The van der Waals surface area contributed by atoms with E-state index in [2.05, 4.69) is 25.8 Å². The Labute approximate surface area is 171 Å². The number of thiazole rings is 1. The maximum atomic E-state index is 13.3. The SMILES string of the molecule is COC(=O)c1nc(NC(=O)C2(n3cnnn3)CCCCC2)sc1-c1ccccc1. The van der Waals surface area contributed by atoms with Gasteiger partial charge in [0.25, 0.3) is 5.91 Å². The largest absolute Gasteiger partial charge is 0.464 e. The molecule has 1 fully saturated rings. The van der Waals surface area contributed by atoms with Crippen molar-refractivity contribution in [3.05, 3.63) is 42.4 Å². The van der Waals surface area contributed by atoms with Crippen LogP contribution in [0.2, 0.25) is 0 Å². The van der Waals surface area contributed by atoms with Gasteiger partial charge >= 0.3 is 5.97 Å². The summed E-state index contributed by atoms with van der Waals surface area (Å²) in [4.78, 5) is 30.5. The first-order chi connectivity index (χ1) is 14.1. The lowest BCUT2D eigenvalue weighted by Crippen LogP contribution is -2.47. The first-order valence-electron chi connectivity index (χ1n) is 9.33. The topological polar surface area (TPSA) is 112 Å². The van der Waals surface area contributed by atoms with Gasteiger partial charge in [-0.25, -0.2) is 14.5 Å². The molecule has 1 aliphatic carbocycles. The Bertz CT molecular complexity index is 996. The van der Waals surface area contributed by atoms with Crippen LogP contribution in [0.25, 0.3) is 10.4 Å². The quantitative estimate of drug-likeness (QED) is 0.641. The van der Waals surface area contributed by atoms with E-state index in [4.69, 9.17) is 4.74 Å². The Morgan fingerprint density at radius 3 is 2.59 bits per heavy atom. The molecule has 9 nitrogen and oxygen atoms in total. The molecule has 1 saturated carbocycles. The molecule has 1 aromatic carbocycles. The van der Waals surface area contributed by atoms with E-state index in [0.29, 0.717) is 22.9 Å². The van der Waals surface area contributed by atoms with Crippen LogP contribution in [0.5, 0.6) is 0 Å². The number of carbonyl (C=O) groups is 2. The van der Waals surface area contributed by atoms with E-state index in [9.17, 15) is 9.59 Å².